The second-order valence-electron chi connectivity index (χ2n) is 3.58. The minimum atomic E-state index is -0.479. The first kappa shape index (κ1) is 13.2. The summed E-state index contributed by atoms with van der Waals surface area (Å²) < 4.78 is 9.71. The molecule has 1 rings (SSSR count). The summed E-state index contributed by atoms with van der Waals surface area (Å²) in [4.78, 5) is 15.5. The number of ether oxygens (including phenoxy) is 2. The molecule has 0 aromatic carbocycles. The van der Waals surface area contributed by atoms with Gasteiger partial charge in [-0.15, -0.1) is 0 Å². The first-order chi connectivity index (χ1) is 8.08. The van der Waals surface area contributed by atoms with E-state index in [-0.39, 0.29) is 6.10 Å². The fraction of sp³-hybridized carbons (Fsp3) is 0.455. The van der Waals surface area contributed by atoms with Gasteiger partial charge in [0.05, 0.1) is 30.7 Å². The molecule has 94 valence electrons. The van der Waals surface area contributed by atoms with E-state index in [1.165, 1.54) is 13.3 Å². The second kappa shape index (κ2) is 6.05. The molecule has 6 nitrogen and oxygen atoms in total. The van der Waals surface area contributed by atoms with Gasteiger partial charge in [0.1, 0.15) is 5.82 Å². The fourth-order valence-electron chi connectivity index (χ4n) is 1.18. The van der Waals surface area contributed by atoms with Crippen molar-refractivity contribution < 1.29 is 14.3 Å². The van der Waals surface area contributed by atoms with Crippen molar-refractivity contribution in [3.63, 3.8) is 0 Å². The molecule has 17 heavy (non-hydrogen) atoms. The lowest BCUT2D eigenvalue weighted by Crippen LogP contribution is -2.19. The third-order valence-corrected chi connectivity index (χ3v) is 2.31. The van der Waals surface area contributed by atoms with Crippen molar-refractivity contribution in [3.8, 4) is 0 Å². The summed E-state index contributed by atoms with van der Waals surface area (Å²) in [5, 5.41) is 3.04. The number of esters is 1. The van der Waals surface area contributed by atoms with Crippen LogP contribution in [0.1, 0.15) is 17.3 Å². The van der Waals surface area contributed by atoms with Crippen LogP contribution < -0.4 is 11.1 Å². The summed E-state index contributed by atoms with van der Waals surface area (Å²) in [5.74, 6) is 0.0799. The molecule has 0 spiro atoms. The predicted octanol–water partition coefficient (Wildman–Crippen LogP) is 0.897. The van der Waals surface area contributed by atoms with Gasteiger partial charge in [-0.1, -0.05) is 0 Å². The lowest BCUT2D eigenvalue weighted by Gasteiger charge is -2.12. The Bertz CT molecular complexity index is 396. The first-order valence-corrected chi connectivity index (χ1v) is 5.19. The Labute approximate surface area is 100 Å². The van der Waals surface area contributed by atoms with Crippen molar-refractivity contribution in [2.45, 2.75) is 13.0 Å². The highest BCUT2D eigenvalue weighted by atomic mass is 16.5. The van der Waals surface area contributed by atoms with Crippen LogP contribution >= 0.6 is 0 Å². The molecular formula is C11H17N3O3. The second-order valence-corrected chi connectivity index (χ2v) is 3.58. The number of methoxy groups -OCH3 is 2. The molecule has 0 aliphatic carbocycles. The zero-order chi connectivity index (χ0) is 12.8. The zero-order valence-electron chi connectivity index (χ0n) is 10.2. The van der Waals surface area contributed by atoms with E-state index in [9.17, 15) is 4.79 Å². The average Bonchev–Trinajstić information content (AvgIpc) is 2.36. The van der Waals surface area contributed by atoms with Gasteiger partial charge in [0, 0.05) is 13.7 Å². The van der Waals surface area contributed by atoms with Crippen molar-refractivity contribution in [1.82, 2.24) is 4.98 Å². The maximum Gasteiger partial charge on any atom is 0.340 e. The molecule has 0 bridgehead atoms. The van der Waals surface area contributed by atoms with Gasteiger partial charge in [-0.2, -0.15) is 0 Å². The molecule has 0 radical (unpaired) electrons. The van der Waals surface area contributed by atoms with Crippen LogP contribution in [-0.2, 0) is 9.47 Å². The Balaban J connectivity index is 2.78. The van der Waals surface area contributed by atoms with Gasteiger partial charge >= 0.3 is 5.97 Å². The summed E-state index contributed by atoms with van der Waals surface area (Å²) in [7, 11) is 2.94. The summed E-state index contributed by atoms with van der Waals surface area (Å²) in [6.07, 6.45) is 1.47. The molecule has 0 saturated heterocycles. The van der Waals surface area contributed by atoms with Gasteiger partial charge in [0.2, 0.25) is 0 Å². The number of rotatable bonds is 5. The standard InChI is InChI=1S/C11H17N3O3/c1-7(16-2)5-13-10-4-8(11(15)17-3)9(12)6-14-10/h4,6-7H,5,12H2,1-3H3,(H,13,14). The van der Waals surface area contributed by atoms with Crippen LogP contribution in [0.25, 0.3) is 0 Å². The van der Waals surface area contributed by atoms with Crippen LogP contribution in [0.15, 0.2) is 12.3 Å². The fourth-order valence-corrected chi connectivity index (χ4v) is 1.18. The van der Waals surface area contributed by atoms with Gasteiger partial charge < -0.3 is 20.5 Å². The molecule has 0 saturated carbocycles. The number of hydrogen-bond acceptors (Lipinski definition) is 6. The number of anilines is 2. The summed E-state index contributed by atoms with van der Waals surface area (Å²) in [5.41, 5.74) is 6.23. The maximum absolute atomic E-state index is 11.4. The van der Waals surface area contributed by atoms with Crippen molar-refractivity contribution >= 4 is 17.5 Å². The lowest BCUT2D eigenvalue weighted by molar-refractivity contribution is 0.0602. The van der Waals surface area contributed by atoms with Crippen LogP contribution in [0.3, 0.4) is 0 Å². The molecule has 3 N–H and O–H groups in total. The van der Waals surface area contributed by atoms with Gasteiger partial charge in [0.15, 0.2) is 0 Å². The third kappa shape index (κ3) is 3.60. The van der Waals surface area contributed by atoms with Crippen molar-refractivity contribution in [3.05, 3.63) is 17.8 Å². The van der Waals surface area contributed by atoms with Gasteiger partial charge in [0.25, 0.3) is 0 Å². The number of carbonyl (C=O) groups excluding carboxylic acids is 1. The molecule has 1 aromatic heterocycles. The Morgan fingerprint density at radius 3 is 2.88 bits per heavy atom. The van der Waals surface area contributed by atoms with Crippen LogP contribution in [0, 0.1) is 0 Å². The highest BCUT2D eigenvalue weighted by Gasteiger charge is 2.11. The van der Waals surface area contributed by atoms with Crippen molar-refractivity contribution in [2.75, 3.05) is 31.8 Å². The quantitative estimate of drug-likeness (QED) is 0.742. The topological polar surface area (TPSA) is 86.5 Å². The number of nitrogens with zero attached hydrogens (tertiary/aromatic N) is 1. The molecule has 0 aliphatic rings. The van der Waals surface area contributed by atoms with Crippen LogP contribution in [0.4, 0.5) is 11.5 Å². The van der Waals surface area contributed by atoms with E-state index in [0.717, 1.165) is 0 Å². The van der Waals surface area contributed by atoms with E-state index in [1.807, 2.05) is 6.92 Å². The summed E-state index contributed by atoms with van der Waals surface area (Å²) >= 11 is 0. The molecule has 0 amide bonds. The molecule has 0 fully saturated rings. The highest BCUT2D eigenvalue weighted by molar-refractivity contribution is 5.95. The van der Waals surface area contributed by atoms with Gasteiger partial charge in [-0.25, -0.2) is 9.78 Å². The molecule has 1 unspecified atom stereocenters. The Hall–Kier alpha value is -1.82. The van der Waals surface area contributed by atoms with Gasteiger partial charge in [-0.3, -0.25) is 0 Å². The summed E-state index contributed by atoms with van der Waals surface area (Å²) in [6.45, 7) is 2.51. The minimum absolute atomic E-state index is 0.0518. The molecule has 1 heterocycles. The number of aromatic nitrogens is 1. The molecule has 6 heteroatoms. The van der Waals surface area contributed by atoms with Crippen LogP contribution in [0.2, 0.25) is 0 Å². The number of nitrogen functional groups attached to an aromatic ring is 1. The maximum atomic E-state index is 11.4. The zero-order valence-corrected chi connectivity index (χ0v) is 10.2. The number of pyridine rings is 1. The SMILES string of the molecule is COC(=O)c1cc(NCC(C)OC)ncc1N. The van der Waals surface area contributed by atoms with E-state index in [1.54, 1.807) is 13.2 Å². The highest BCUT2D eigenvalue weighted by Crippen LogP contribution is 2.15. The largest absolute Gasteiger partial charge is 0.465 e. The van der Waals surface area contributed by atoms with Gasteiger partial charge in [-0.05, 0) is 13.0 Å². The molecule has 1 aromatic rings. The van der Waals surface area contributed by atoms with E-state index in [0.29, 0.717) is 23.6 Å². The van der Waals surface area contributed by atoms with Crippen molar-refractivity contribution in [1.29, 1.82) is 0 Å². The molecule has 1 atom stereocenters. The number of nitrogens with one attached hydrogen (secondary N) is 1. The Morgan fingerprint density at radius 2 is 2.29 bits per heavy atom. The first-order valence-electron chi connectivity index (χ1n) is 5.19. The number of hydrogen-bond donors (Lipinski definition) is 2. The van der Waals surface area contributed by atoms with E-state index in [4.69, 9.17) is 10.5 Å². The third-order valence-electron chi connectivity index (χ3n) is 2.31. The minimum Gasteiger partial charge on any atom is -0.465 e. The smallest absolute Gasteiger partial charge is 0.340 e. The molecule has 0 aliphatic heterocycles. The number of nitrogens with two attached hydrogens (primary N) is 1. The number of carbonyl (C=O) groups is 1. The predicted molar refractivity (Wildman–Crippen MR) is 64.9 cm³/mol. The monoisotopic (exact) mass is 239 g/mol. The normalized spacial score (nSPS) is 11.9. The van der Waals surface area contributed by atoms with E-state index < -0.39 is 5.97 Å². The van der Waals surface area contributed by atoms with Crippen LogP contribution in [0.5, 0.6) is 0 Å². The average molecular weight is 239 g/mol. The van der Waals surface area contributed by atoms with E-state index >= 15 is 0 Å². The summed E-state index contributed by atoms with van der Waals surface area (Å²) in [6, 6.07) is 1.56. The molecular weight excluding hydrogens is 222 g/mol. The lowest BCUT2D eigenvalue weighted by atomic mass is 10.2. The van der Waals surface area contributed by atoms with Crippen molar-refractivity contribution in [2.24, 2.45) is 0 Å². The Kier molecular flexibility index (Phi) is 4.71. The van der Waals surface area contributed by atoms with Crippen LogP contribution in [-0.4, -0.2) is 37.8 Å². The van der Waals surface area contributed by atoms with E-state index in [2.05, 4.69) is 15.0 Å². The Morgan fingerprint density at radius 1 is 1.59 bits per heavy atom.